The number of nitrogens with one attached hydrogen (secondary N) is 2. The van der Waals surface area contributed by atoms with Crippen LogP contribution in [0, 0.1) is 17.8 Å². The summed E-state index contributed by atoms with van der Waals surface area (Å²) in [5, 5.41) is 15.1. The summed E-state index contributed by atoms with van der Waals surface area (Å²) < 4.78 is 0. The molecule has 0 spiro atoms. The molecule has 7 nitrogen and oxygen atoms in total. The maximum Gasteiger partial charge on any atom is 0.315 e. The Hall–Kier alpha value is -1.79. The number of carboxylic acids is 1. The topological polar surface area (TPSA) is 98.7 Å². The maximum absolute atomic E-state index is 12.4. The first kappa shape index (κ1) is 18.6. The number of hydrogen-bond acceptors (Lipinski definition) is 3. The van der Waals surface area contributed by atoms with E-state index in [-0.39, 0.29) is 36.4 Å². The van der Waals surface area contributed by atoms with Gasteiger partial charge in [0.1, 0.15) is 0 Å². The molecule has 0 aromatic heterocycles. The molecule has 1 saturated heterocycles. The first-order chi connectivity index (χ1) is 12.9. The monoisotopic (exact) mass is 377 g/mol. The van der Waals surface area contributed by atoms with E-state index < -0.39 is 5.97 Å². The highest BCUT2D eigenvalue weighted by atomic mass is 16.4. The van der Waals surface area contributed by atoms with Crippen molar-refractivity contribution < 1.29 is 19.5 Å². The fourth-order valence-corrected chi connectivity index (χ4v) is 6.55. The molecule has 3 N–H and O–H groups in total. The fraction of sp³-hybridized carbons (Fsp3) is 0.850. The molecule has 0 aromatic rings. The molecule has 150 valence electrons. The van der Waals surface area contributed by atoms with Crippen LogP contribution in [-0.4, -0.2) is 52.6 Å². The second-order valence-electron chi connectivity index (χ2n) is 9.31. The highest BCUT2D eigenvalue weighted by Crippen LogP contribution is 2.55. The Labute approximate surface area is 160 Å². The van der Waals surface area contributed by atoms with Crippen molar-refractivity contribution in [3.63, 3.8) is 0 Å². The third-order valence-electron chi connectivity index (χ3n) is 7.15. The van der Waals surface area contributed by atoms with E-state index >= 15 is 0 Å². The van der Waals surface area contributed by atoms with Crippen molar-refractivity contribution in [1.29, 1.82) is 0 Å². The summed E-state index contributed by atoms with van der Waals surface area (Å²) >= 11 is 0. The lowest BCUT2D eigenvalue weighted by molar-refractivity contribution is -0.139. The molecule has 1 atom stereocenters. The number of carbonyl (C=O) groups excluding carboxylic acids is 2. The molecule has 5 rings (SSSR count). The number of carboxylic acid groups (broad SMARTS) is 1. The first-order valence-corrected chi connectivity index (χ1v) is 10.5. The average Bonchev–Trinajstić information content (AvgIpc) is 3.00. The maximum atomic E-state index is 12.4. The molecule has 1 aliphatic heterocycles. The van der Waals surface area contributed by atoms with Crippen LogP contribution in [0.4, 0.5) is 4.79 Å². The smallest absolute Gasteiger partial charge is 0.315 e. The molecular weight excluding hydrogens is 346 g/mol. The van der Waals surface area contributed by atoms with Crippen molar-refractivity contribution >= 4 is 17.9 Å². The van der Waals surface area contributed by atoms with E-state index in [9.17, 15) is 14.4 Å². The quantitative estimate of drug-likeness (QED) is 0.660. The predicted molar refractivity (Wildman–Crippen MR) is 99.0 cm³/mol. The van der Waals surface area contributed by atoms with Crippen molar-refractivity contribution in [2.45, 2.75) is 75.8 Å². The van der Waals surface area contributed by atoms with E-state index in [2.05, 4.69) is 10.6 Å². The van der Waals surface area contributed by atoms with Gasteiger partial charge in [0.05, 0.1) is 6.42 Å². The minimum Gasteiger partial charge on any atom is -0.481 e. The van der Waals surface area contributed by atoms with Gasteiger partial charge in [-0.1, -0.05) is 0 Å². The lowest BCUT2D eigenvalue weighted by Crippen LogP contribution is -2.61. The van der Waals surface area contributed by atoms with Crippen LogP contribution in [0.25, 0.3) is 0 Å². The van der Waals surface area contributed by atoms with Crippen LogP contribution >= 0.6 is 0 Å². The zero-order valence-corrected chi connectivity index (χ0v) is 15.9. The lowest BCUT2D eigenvalue weighted by Gasteiger charge is -2.56. The van der Waals surface area contributed by atoms with E-state index in [1.807, 2.05) is 0 Å². The van der Waals surface area contributed by atoms with E-state index in [0.29, 0.717) is 13.1 Å². The summed E-state index contributed by atoms with van der Waals surface area (Å²) in [4.78, 5) is 37.4. The normalized spacial score (nSPS) is 36.7. The zero-order valence-electron chi connectivity index (χ0n) is 15.9. The van der Waals surface area contributed by atoms with Gasteiger partial charge in [0, 0.05) is 31.1 Å². The highest BCUT2D eigenvalue weighted by molar-refractivity contribution is 5.79. The van der Waals surface area contributed by atoms with Crippen molar-refractivity contribution in [3.05, 3.63) is 0 Å². The van der Waals surface area contributed by atoms with Crippen LogP contribution in [0.5, 0.6) is 0 Å². The standard InChI is InChI=1S/C20H31N3O4/c24-17(23-5-1-2-16(23)9-18(25)26)3-4-21-19(27)22-20-10-13-6-14(11-20)8-15(7-13)12-20/h13-16H,1-12H2,(H,25,26)(H2,21,22,27). The number of amides is 3. The molecule has 0 radical (unpaired) electrons. The average molecular weight is 377 g/mol. The van der Waals surface area contributed by atoms with Gasteiger partial charge in [0.25, 0.3) is 0 Å². The van der Waals surface area contributed by atoms with Gasteiger partial charge < -0.3 is 20.6 Å². The van der Waals surface area contributed by atoms with Crippen LogP contribution in [0.15, 0.2) is 0 Å². The van der Waals surface area contributed by atoms with E-state index in [0.717, 1.165) is 49.9 Å². The van der Waals surface area contributed by atoms with Gasteiger partial charge in [-0.05, 0) is 69.1 Å². The number of likely N-dealkylation sites (tertiary alicyclic amines) is 1. The Morgan fingerprint density at radius 2 is 1.67 bits per heavy atom. The molecule has 27 heavy (non-hydrogen) atoms. The second kappa shape index (κ2) is 7.32. The molecule has 1 heterocycles. The van der Waals surface area contributed by atoms with E-state index in [1.165, 1.54) is 19.3 Å². The van der Waals surface area contributed by atoms with Gasteiger partial charge >= 0.3 is 12.0 Å². The summed E-state index contributed by atoms with van der Waals surface area (Å²) in [6, 6.07) is -0.357. The van der Waals surface area contributed by atoms with Crippen LogP contribution in [0.2, 0.25) is 0 Å². The Balaban J connectivity index is 1.22. The Kier molecular flexibility index (Phi) is 5.03. The summed E-state index contributed by atoms with van der Waals surface area (Å²) in [6.07, 6.45) is 9.17. The molecule has 5 aliphatic rings. The molecule has 0 aromatic carbocycles. The van der Waals surface area contributed by atoms with Crippen molar-refractivity contribution in [2.24, 2.45) is 17.8 Å². The van der Waals surface area contributed by atoms with Crippen LogP contribution in [0.1, 0.15) is 64.2 Å². The number of urea groups is 1. The van der Waals surface area contributed by atoms with Gasteiger partial charge in [-0.25, -0.2) is 4.79 Å². The Morgan fingerprint density at radius 3 is 2.26 bits per heavy atom. The second-order valence-corrected chi connectivity index (χ2v) is 9.31. The first-order valence-electron chi connectivity index (χ1n) is 10.5. The number of hydrogen-bond donors (Lipinski definition) is 3. The highest BCUT2D eigenvalue weighted by Gasteiger charge is 2.51. The molecule has 1 unspecified atom stereocenters. The lowest BCUT2D eigenvalue weighted by atomic mass is 9.53. The third kappa shape index (κ3) is 4.06. The largest absolute Gasteiger partial charge is 0.481 e. The molecule has 3 amide bonds. The molecule has 7 heteroatoms. The van der Waals surface area contributed by atoms with Crippen molar-refractivity contribution in [1.82, 2.24) is 15.5 Å². The van der Waals surface area contributed by atoms with E-state index in [1.54, 1.807) is 4.90 Å². The van der Waals surface area contributed by atoms with Gasteiger partial charge in [-0.15, -0.1) is 0 Å². The number of rotatable bonds is 6. The summed E-state index contributed by atoms with van der Waals surface area (Å²) in [5.41, 5.74) is -0.0234. The van der Waals surface area contributed by atoms with Crippen LogP contribution < -0.4 is 10.6 Å². The van der Waals surface area contributed by atoms with Gasteiger partial charge in [0.2, 0.25) is 5.91 Å². The summed E-state index contributed by atoms with van der Waals surface area (Å²) in [6.45, 7) is 0.920. The fourth-order valence-electron chi connectivity index (χ4n) is 6.55. The van der Waals surface area contributed by atoms with Crippen molar-refractivity contribution in [3.8, 4) is 0 Å². The molecule has 4 bridgehead atoms. The molecular formula is C20H31N3O4. The van der Waals surface area contributed by atoms with Gasteiger partial charge in [-0.2, -0.15) is 0 Å². The van der Waals surface area contributed by atoms with Gasteiger partial charge in [0.15, 0.2) is 0 Å². The van der Waals surface area contributed by atoms with Crippen LogP contribution in [0.3, 0.4) is 0 Å². The summed E-state index contributed by atoms with van der Waals surface area (Å²) in [7, 11) is 0. The molecule has 5 fully saturated rings. The van der Waals surface area contributed by atoms with Crippen molar-refractivity contribution in [2.75, 3.05) is 13.1 Å². The Morgan fingerprint density at radius 1 is 1.04 bits per heavy atom. The minimum absolute atomic E-state index is 0.00563. The Bertz CT molecular complexity index is 585. The minimum atomic E-state index is -0.868. The third-order valence-corrected chi connectivity index (χ3v) is 7.15. The molecule has 4 aliphatic carbocycles. The molecule has 4 saturated carbocycles. The number of nitrogens with zero attached hydrogens (tertiary/aromatic N) is 1. The van der Waals surface area contributed by atoms with E-state index in [4.69, 9.17) is 5.11 Å². The predicted octanol–water partition coefficient (Wildman–Crippen LogP) is 2.11. The van der Waals surface area contributed by atoms with Gasteiger partial charge in [-0.3, -0.25) is 9.59 Å². The zero-order chi connectivity index (χ0) is 19.0. The summed E-state index contributed by atoms with van der Waals surface area (Å²) in [5.74, 6) is 1.40. The SMILES string of the molecule is O=C(O)CC1CCCN1C(=O)CCNC(=O)NC12CC3CC(CC(C3)C1)C2. The number of aliphatic carboxylic acids is 1. The van der Waals surface area contributed by atoms with Crippen LogP contribution in [-0.2, 0) is 9.59 Å². The number of carbonyl (C=O) groups is 3.